The van der Waals surface area contributed by atoms with Gasteiger partial charge in [0.1, 0.15) is 18.1 Å². The van der Waals surface area contributed by atoms with Gasteiger partial charge in [-0.05, 0) is 33.6 Å². The number of ether oxygens (including phenoxy) is 2. The lowest BCUT2D eigenvalue weighted by Crippen LogP contribution is -2.27. The highest BCUT2D eigenvalue weighted by Gasteiger charge is 2.37. The molecule has 0 N–H and O–H groups in total. The number of methoxy groups -OCH3 is 1. The summed E-state index contributed by atoms with van der Waals surface area (Å²) in [5.41, 5.74) is 1.42. The Morgan fingerprint density at radius 1 is 0.775 bits per heavy atom. The van der Waals surface area contributed by atoms with Crippen LogP contribution in [-0.4, -0.2) is 12.0 Å². The highest BCUT2D eigenvalue weighted by Crippen LogP contribution is 2.51. The second-order valence-corrected chi connectivity index (χ2v) is 12.6. The Morgan fingerprint density at radius 3 is 1.90 bits per heavy atom. The van der Waals surface area contributed by atoms with Crippen molar-refractivity contribution in [1.29, 1.82) is 0 Å². The van der Waals surface area contributed by atoms with Gasteiger partial charge in [0, 0.05) is 38.1 Å². The summed E-state index contributed by atoms with van der Waals surface area (Å²) in [5.74, 6) is 0.740. The van der Waals surface area contributed by atoms with E-state index in [2.05, 4.69) is 15.9 Å². The average molecular weight is 614 g/mol. The van der Waals surface area contributed by atoms with Crippen LogP contribution in [0.1, 0.15) is 5.56 Å². The van der Waals surface area contributed by atoms with Crippen LogP contribution in [0.25, 0.3) is 11.1 Å². The van der Waals surface area contributed by atoms with Crippen LogP contribution in [-0.2, 0) is 11.2 Å². The first-order valence-electron chi connectivity index (χ1n) is 12.5. The molecule has 40 heavy (non-hydrogen) atoms. The molecule has 0 heterocycles. The minimum atomic E-state index is -3.62. The van der Waals surface area contributed by atoms with Crippen molar-refractivity contribution in [2.24, 2.45) is 0 Å². The molecule has 0 aromatic heterocycles. The molecule has 0 aliphatic carbocycles. The largest absolute Gasteiger partial charge is 0.497 e. The number of halogens is 1. The third kappa shape index (κ3) is 5.31. The van der Waals surface area contributed by atoms with Gasteiger partial charge < -0.3 is 14.0 Å². The monoisotopic (exact) mass is 613 g/mol. The van der Waals surface area contributed by atoms with Crippen LogP contribution in [0.3, 0.4) is 0 Å². The summed E-state index contributed by atoms with van der Waals surface area (Å²) >= 11 is 3.55. The van der Waals surface area contributed by atoms with Gasteiger partial charge in [-0.1, -0.05) is 97.1 Å². The van der Waals surface area contributed by atoms with Crippen molar-refractivity contribution in [1.82, 2.24) is 0 Å². The molecule has 6 nitrogen and oxygen atoms in total. The van der Waals surface area contributed by atoms with E-state index >= 15 is 4.57 Å². The van der Waals surface area contributed by atoms with E-state index in [1.165, 1.54) is 13.2 Å². The maximum atomic E-state index is 15.6. The molecule has 0 atom stereocenters. The lowest BCUT2D eigenvalue weighted by molar-refractivity contribution is -0.384. The molecule has 0 radical (unpaired) electrons. The predicted molar refractivity (Wildman–Crippen MR) is 163 cm³/mol. The Balaban J connectivity index is 1.89. The second kappa shape index (κ2) is 11.9. The van der Waals surface area contributed by atoms with Gasteiger partial charge in [0.15, 0.2) is 7.14 Å². The maximum Gasteiger partial charge on any atom is 0.278 e. The maximum absolute atomic E-state index is 15.6. The van der Waals surface area contributed by atoms with E-state index in [1.54, 1.807) is 24.3 Å². The SMILES string of the molecule is COc1cc(OCc2ccccc2)c(-c2c(Br)cccc2[N+](=O)[O-])c(P(=O)(c2ccccc2)c2ccccc2)c1. The van der Waals surface area contributed by atoms with Gasteiger partial charge in [0.25, 0.3) is 5.69 Å². The number of rotatable bonds is 9. The van der Waals surface area contributed by atoms with Crippen molar-refractivity contribution >= 4 is 44.7 Å². The Bertz CT molecular complexity index is 1650. The number of benzene rings is 5. The second-order valence-electron chi connectivity index (χ2n) is 8.97. The summed E-state index contributed by atoms with van der Waals surface area (Å²) in [5, 5.41) is 13.9. The van der Waals surface area contributed by atoms with Crippen LogP contribution in [0.2, 0.25) is 0 Å². The molecular formula is C32H25BrNO5P. The smallest absolute Gasteiger partial charge is 0.278 e. The van der Waals surface area contributed by atoms with E-state index in [0.29, 0.717) is 37.4 Å². The summed E-state index contributed by atoms with van der Waals surface area (Å²) in [6, 6.07) is 36.1. The molecule has 0 bridgehead atoms. The zero-order valence-corrected chi connectivity index (χ0v) is 24.0. The van der Waals surface area contributed by atoms with Crippen LogP contribution >= 0.6 is 23.1 Å². The highest BCUT2D eigenvalue weighted by atomic mass is 79.9. The van der Waals surface area contributed by atoms with E-state index in [0.717, 1.165) is 5.56 Å². The molecule has 0 saturated heterocycles. The third-order valence-electron chi connectivity index (χ3n) is 6.54. The van der Waals surface area contributed by atoms with Crippen LogP contribution < -0.4 is 25.4 Å². The van der Waals surface area contributed by atoms with E-state index in [-0.39, 0.29) is 17.9 Å². The topological polar surface area (TPSA) is 78.7 Å². The minimum Gasteiger partial charge on any atom is -0.497 e. The molecular weight excluding hydrogens is 589 g/mol. The number of nitro benzene ring substituents is 1. The first-order chi connectivity index (χ1) is 19.4. The Morgan fingerprint density at radius 2 is 1.35 bits per heavy atom. The molecule has 8 heteroatoms. The molecule has 200 valence electrons. The third-order valence-corrected chi connectivity index (χ3v) is 10.3. The molecule has 0 spiro atoms. The van der Waals surface area contributed by atoms with Crippen molar-refractivity contribution in [2.75, 3.05) is 7.11 Å². The van der Waals surface area contributed by atoms with Crippen LogP contribution in [0, 0.1) is 10.1 Å². The minimum absolute atomic E-state index is 0.141. The molecule has 5 rings (SSSR count). The van der Waals surface area contributed by atoms with Gasteiger partial charge in [0.2, 0.25) is 0 Å². The normalized spacial score (nSPS) is 11.2. The molecule has 5 aromatic rings. The molecule has 0 aliphatic rings. The van der Waals surface area contributed by atoms with Gasteiger partial charge in [-0.15, -0.1) is 0 Å². The van der Waals surface area contributed by atoms with Gasteiger partial charge in [-0.3, -0.25) is 10.1 Å². The van der Waals surface area contributed by atoms with Gasteiger partial charge >= 0.3 is 0 Å². The van der Waals surface area contributed by atoms with E-state index < -0.39 is 12.1 Å². The van der Waals surface area contributed by atoms with Gasteiger partial charge in [-0.2, -0.15) is 0 Å². The molecule has 0 saturated carbocycles. The molecule has 0 aliphatic heterocycles. The fraction of sp³-hybridized carbons (Fsp3) is 0.0625. The quantitative estimate of drug-likeness (QED) is 0.0993. The Hall–Kier alpha value is -4.19. The molecule has 5 aromatic carbocycles. The van der Waals surface area contributed by atoms with Crippen LogP contribution in [0.15, 0.2) is 126 Å². The summed E-state index contributed by atoms with van der Waals surface area (Å²) in [6.45, 7) is 0.194. The Labute approximate surface area is 240 Å². The standard InChI is InChI=1S/C32H25BrNO5P/c1-38-24-20-29(39-22-23-12-5-2-6-13-23)32(31-27(33)18-11-19-28(31)34(35)36)30(21-24)40(37,25-14-7-3-8-15-25)26-16-9-4-10-17-26/h2-21H,22H2,1H3. The van der Waals surface area contributed by atoms with Crippen molar-refractivity contribution in [3.63, 3.8) is 0 Å². The van der Waals surface area contributed by atoms with Gasteiger partial charge in [0.05, 0.1) is 17.6 Å². The molecule has 0 amide bonds. The fourth-order valence-corrected chi connectivity index (χ4v) is 8.10. The zero-order valence-electron chi connectivity index (χ0n) is 21.6. The van der Waals surface area contributed by atoms with E-state index in [1.807, 2.05) is 91.0 Å². The van der Waals surface area contributed by atoms with Crippen LogP contribution in [0.5, 0.6) is 11.5 Å². The van der Waals surface area contributed by atoms with E-state index in [9.17, 15) is 10.1 Å². The first kappa shape index (κ1) is 27.4. The number of hydrogen-bond acceptors (Lipinski definition) is 5. The molecule has 0 unspecified atom stereocenters. The van der Waals surface area contributed by atoms with Gasteiger partial charge in [-0.25, -0.2) is 0 Å². The molecule has 0 fully saturated rings. The average Bonchev–Trinajstić information content (AvgIpc) is 3.00. The summed E-state index contributed by atoms with van der Waals surface area (Å²) in [4.78, 5) is 11.9. The predicted octanol–water partition coefficient (Wildman–Crippen LogP) is 7.25. The lowest BCUT2D eigenvalue weighted by Gasteiger charge is -2.25. The van der Waals surface area contributed by atoms with Crippen molar-refractivity contribution < 1.29 is 19.0 Å². The van der Waals surface area contributed by atoms with Crippen molar-refractivity contribution in [3.8, 4) is 22.6 Å². The number of nitro groups is 1. The Kier molecular flexibility index (Phi) is 8.15. The van der Waals surface area contributed by atoms with Crippen LogP contribution in [0.4, 0.5) is 5.69 Å². The van der Waals surface area contributed by atoms with Crippen molar-refractivity contribution in [2.45, 2.75) is 6.61 Å². The van der Waals surface area contributed by atoms with Crippen molar-refractivity contribution in [3.05, 3.63) is 141 Å². The summed E-state index contributed by atoms with van der Waals surface area (Å²) in [6.07, 6.45) is 0. The fourth-order valence-electron chi connectivity index (χ4n) is 4.66. The number of hydrogen-bond donors (Lipinski definition) is 0. The number of nitrogens with zero attached hydrogens (tertiary/aromatic N) is 1. The first-order valence-corrected chi connectivity index (χ1v) is 15.0. The summed E-state index contributed by atoms with van der Waals surface area (Å²) < 4.78 is 28.1. The highest BCUT2D eigenvalue weighted by molar-refractivity contribution is 9.10. The zero-order chi connectivity index (χ0) is 28.1. The summed E-state index contributed by atoms with van der Waals surface area (Å²) in [7, 11) is -2.09. The lowest BCUT2D eigenvalue weighted by atomic mass is 10.0. The van der Waals surface area contributed by atoms with E-state index in [4.69, 9.17) is 9.47 Å².